The number of carboxylic acid groups (broad SMARTS) is 1. The van der Waals surface area contributed by atoms with E-state index in [1.54, 1.807) is 0 Å². The van der Waals surface area contributed by atoms with Gasteiger partial charge >= 0.3 is 5.97 Å². The molecule has 1 unspecified atom stereocenters. The zero-order valence-corrected chi connectivity index (χ0v) is 10.1. The van der Waals surface area contributed by atoms with E-state index in [-0.39, 0.29) is 11.9 Å². The highest BCUT2D eigenvalue weighted by molar-refractivity contribution is 5.90. The minimum Gasteiger partial charge on any atom is -0.480 e. The summed E-state index contributed by atoms with van der Waals surface area (Å²) in [5, 5.41) is 14.3. The Morgan fingerprint density at radius 2 is 2.06 bits per heavy atom. The smallest absolute Gasteiger partial charge is 0.326 e. The minimum absolute atomic E-state index is 0.384. The van der Waals surface area contributed by atoms with Crippen LogP contribution in [-0.4, -0.2) is 41.5 Å². The highest BCUT2D eigenvalue weighted by atomic mass is 16.4. The second-order valence-electron chi connectivity index (χ2n) is 4.43. The molecule has 0 spiro atoms. The molecule has 0 radical (unpaired) electrons. The molecule has 1 aliphatic heterocycles. The number of rotatable bonds is 5. The number of nitrogens with two attached hydrogens (primary N) is 1. The summed E-state index contributed by atoms with van der Waals surface area (Å²) in [6, 6.07) is -1.64. The van der Waals surface area contributed by atoms with Crippen LogP contribution in [-0.2, 0) is 14.4 Å². The fourth-order valence-electron chi connectivity index (χ4n) is 1.93. The van der Waals surface area contributed by atoms with Crippen LogP contribution in [0.5, 0.6) is 0 Å². The molecule has 7 heteroatoms. The van der Waals surface area contributed by atoms with E-state index >= 15 is 0 Å². The fourth-order valence-corrected chi connectivity index (χ4v) is 1.93. The van der Waals surface area contributed by atoms with Gasteiger partial charge in [0.1, 0.15) is 6.04 Å². The predicted molar refractivity (Wildman–Crippen MR) is 63.6 cm³/mol. The Kier molecular flexibility index (Phi) is 5.57. The lowest BCUT2D eigenvalue weighted by Crippen LogP contribution is -2.51. The summed E-state index contributed by atoms with van der Waals surface area (Å²) in [5.74, 6) is -2.39. The summed E-state index contributed by atoms with van der Waals surface area (Å²) in [5.41, 5.74) is 4.94. The van der Waals surface area contributed by atoms with Crippen LogP contribution in [0.1, 0.15) is 32.1 Å². The molecule has 1 heterocycles. The summed E-state index contributed by atoms with van der Waals surface area (Å²) in [7, 11) is 0. The van der Waals surface area contributed by atoms with Crippen LogP contribution in [0.3, 0.4) is 0 Å². The maximum absolute atomic E-state index is 11.9. The normalized spacial score (nSPS) is 21.7. The standard InChI is InChI=1S/C11H19N3O4/c12-9(15)6-8(11(17)18)14-10(16)7-4-2-1-3-5-13-7/h7-8,13H,1-6H2,(H2,12,15)(H,14,16)(H,17,18)/t7?,8-/m1/s1. The minimum atomic E-state index is -1.25. The molecule has 5 N–H and O–H groups in total. The molecule has 0 aliphatic carbocycles. The van der Waals surface area contributed by atoms with Gasteiger partial charge in [-0.25, -0.2) is 4.79 Å². The highest BCUT2D eigenvalue weighted by Gasteiger charge is 2.26. The largest absolute Gasteiger partial charge is 0.480 e. The van der Waals surface area contributed by atoms with Crippen LogP contribution in [0.4, 0.5) is 0 Å². The van der Waals surface area contributed by atoms with Crippen molar-refractivity contribution in [3.63, 3.8) is 0 Å². The van der Waals surface area contributed by atoms with Crippen molar-refractivity contribution in [2.75, 3.05) is 6.54 Å². The summed E-state index contributed by atoms with van der Waals surface area (Å²) in [6.45, 7) is 0.742. The highest BCUT2D eigenvalue weighted by Crippen LogP contribution is 2.08. The molecule has 2 atom stereocenters. The van der Waals surface area contributed by atoms with Gasteiger partial charge in [-0.05, 0) is 19.4 Å². The van der Waals surface area contributed by atoms with E-state index in [4.69, 9.17) is 10.8 Å². The molecule has 0 aromatic rings. The van der Waals surface area contributed by atoms with Gasteiger partial charge in [0.15, 0.2) is 0 Å². The van der Waals surface area contributed by atoms with Gasteiger partial charge in [-0.3, -0.25) is 9.59 Å². The van der Waals surface area contributed by atoms with Crippen LogP contribution in [0.15, 0.2) is 0 Å². The van der Waals surface area contributed by atoms with E-state index in [2.05, 4.69) is 10.6 Å². The summed E-state index contributed by atoms with van der Waals surface area (Å²) in [6.07, 6.45) is 3.27. The number of carbonyl (C=O) groups excluding carboxylic acids is 2. The third-order valence-electron chi connectivity index (χ3n) is 2.90. The first kappa shape index (κ1) is 14.4. The quantitative estimate of drug-likeness (QED) is 0.501. The van der Waals surface area contributed by atoms with E-state index in [0.29, 0.717) is 6.42 Å². The van der Waals surface area contributed by atoms with Gasteiger partial charge < -0.3 is 21.5 Å². The number of hydrogen-bond acceptors (Lipinski definition) is 4. The lowest BCUT2D eigenvalue weighted by Gasteiger charge is -2.19. The number of nitrogens with one attached hydrogen (secondary N) is 2. The molecule has 1 saturated heterocycles. The third-order valence-corrected chi connectivity index (χ3v) is 2.90. The first-order chi connectivity index (χ1) is 8.50. The lowest BCUT2D eigenvalue weighted by molar-refractivity contribution is -0.143. The zero-order chi connectivity index (χ0) is 13.5. The zero-order valence-electron chi connectivity index (χ0n) is 10.1. The van der Waals surface area contributed by atoms with Crippen molar-refractivity contribution in [1.29, 1.82) is 0 Å². The summed E-state index contributed by atoms with van der Waals surface area (Å²) < 4.78 is 0. The molecule has 0 aromatic carbocycles. The molecule has 18 heavy (non-hydrogen) atoms. The Labute approximate surface area is 105 Å². The molecule has 0 aromatic heterocycles. The van der Waals surface area contributed by atoms with Crippen molar-refractivity contribution in [3.05, 3.63) is 0 Å². The van der Waals surface area contributed by atoms with Crippen LogP contribution >= 0.6 is 0 Å². The van der Waals surface area contributed by atoms with Crippen molar-refractivity contribution >= 4 is 17.8 Å². The van der Waals surface area contributed by atoms with Gasteiger partial charge in [-0.1, -0.05) is 12.8 Å². The van der Waals surface area contributed by atoms with Crippen LogP contribution in [0.25, 0.3) is 0 Å². The van der Waals surface area contributed by atoms with E-state index < -0.39 is 24.3 Å². The van der Waals surface area contributed by atoms with Gasteiger partial charge in [0.2, 0.25) is 11.8 Å². The molecule has 2 amide bonds. The van der Waals surface area contributed by atoms with Crippen LogP contribution in [0.2, 0.25) is 0 Å². The number of amides is 2. The molecular weight excluding hydrogens is 238 g/mol. The number of carboxylic acids is 1. The van der Waals surface area contributed by atoms with Crippen molar-refractivity contribution in [2.24, 2.45) is 5.73 Å². The third kappa shape index (κ3) is 4.70. The number of aliphatic carboxylic acids is 1. The van der Waals surface area contributed by atoms with Crippen molar-refractivity contribution < 1.29 is 19.5 Å². The molecule has 0 bridgehead atoms. The van der Waals surface area contributed by atoms with Crippen molar-refractivity contribution in [3.8, 4) is 0 Å². The Bertz CT molecular complexity index is 324. The Hall–Kier alpha value is -1.63. The molecule has 1 rings (SSSR count). The van der Waals surface area contributed by atoms with Gasteiger partial charge in [0.25, 0.3) is 0 Å². The molecule has 1 fully saturated rings. The lowest BCUT2D eigenvalue weighted by atomic mass is 10.1. The second kappa shape index (κ2) is 6.95. The van der Waals surface area contributed by atoms with E-state index in [0.717, 1.165) is 25.8 Å². The van der Waals surface area contributed by atoms with Crippen LogP contribution < -0.4 is 16.4 Å². The molecule has 1 aliphatic rings. The fraction of sp³-hybridized carbons (Fsp3) is 0.727. The number of hydrogen-bond donors (Lipinski definition) is 4. The van der Waals surface area contributed by atoms with Gasteiger partial charge in [-0.15, -0.1) is 0 Å². The average Bonchev–Trinajstić information content (AvgIpc) is 2.55. The second-order valence-corrected chi connectivity index (χ2v) is 4.43. The van der Waals surface area contributed by atoms with Gasteiger partial charge in [0.05, 0.1) is 12.5 Å². The van der Waals surface area contributed by atoms with Crippen molar-refractivity contribution in [1.82, 2.24) is 10.6 Å². The Morgan fingerprint density at radius 3 is 2.67 bits per heavy atom. The summed E-state index contributed by atoms with van der Waals surface area (Å²) >= 11 is 0. The SMILES string of the molecule is NC(=O)C[C@@H](NC(=O)C1CCCCCN1)C(=O)O. The predicted octanol–water partition coefficient (Wildman–Crippen LogP) is -1.04. The van der Waals surface area contributed by atoms with Gasteiger partial charge in [0, 0.05) is 0 Å². The molecule has 0 saturated carbocycles. The average molecular weight is 257 g/mol. The van der Waals surface area contributed by atoms with Crippen LogP contribution in [0, 0.1) is 0 Å². The maximum atomic E-state index is 11.9. The van der Waals surface area contributed by atoms with E-state index in [1.807, 2.05) is 0 Å². The first-order valence-electron chi connectivity index (χ1n) is 6.05. The molecular formula is C11H19N3O4. The monoisotopic (exact) mass is 257 g/mol. The number of primary amides is 1. The topological polar surface area (TPSA) is 122 Å². The molecule has 102 valence electrons. The Morgan fingerprint density at radius 1 is 1.33 bits per heavy atom. The summed E-state index contributed by atoms with van der Waals surface area (Å²) in [4.78, 5) is 33.5. The first-order valence-corrected chi connectivity index (χ1v) is 6.05. The Balaban J connectivity index is 2.53. The number of carbonyl (C=O) groups is 3. The van der Waals surface area contributed by atoms with Crippen molar-refractivity contribution in [2.45, 2.75) is 44.2 Å². The van der Waals surface area contributed by atoms with E-state index in [9.17, 15) is 14.4 Å². The van der Waals surface area contributed by atoms with E-state index in [1.165, 1.54) is 0 Å². The maximum Gasteiger partial charge on any atom is 0.326 e. The van der Waals surface area contributed by atoms with Gasteiger partial charge in [-0.2, -0.15) is 0 Å². The molecule has 7 nitrogen and oxygen atoms in total.